The summed E-state index contributed by atoms with van der Waals surface area (Å²) in [5, 5.41) is 4.51. The van der Waals surface area contributed by atoms with Crippen LogP contribution in [0.2, 0.25) is 10.0 Å². The van der Waals surface area contributed by atoms with Crippen LogP contribution in [0.15, 0.2) is 42.5 Å². The van der Waals surface area contributed by atoms with Crippen molar-refractivity contribution in [3.05, 3.63) is 69.2 Å². The van der Waals surface area contributed by atoms with Crippen molar-refractivity contribution in [3.63, 3.8) is 0 Å². The molecule has 162 valence electrons. The molecule has 5 heteroatoms. The zero-order valence-corrected chi connectivity index (χ0v) is 19.5. The van der Waals surface area contributed by atoms with E-state index >= 15 is 0 Å². The Balaban J connectivity index is 1.35. The first-order chi connectivity index (χ1) is 14.4. The SMILES string of the molecule is CC(C)c1ccc(CCCNC(=O)C2CCN(Cc3ccc(Cl)cc3Cl)CC2)cc1. The number of carbonyl (C=O) groups is 1. The van der Waals surface area contributed by atoms with Gasteiger partial charge in [-0.05, 0) is 73.5 Å². The number of nitrogens with zero attached hydrogens (tertiary/aromatic N) is 1. The standard InChI is InChI=1S/C25H32Cl2N2O/c1-18(2)20-7-5-19(6-8-20)4-3-13-28-25(30)21-11-14-29(15-12-21)17-22-9-10-23(26)16-24(22)27/h5-10,16,18,21H,3-4,11-15,17H2,1-2H3,(H,28,30). The van der Waals surface area contributed by atoms with E-state index in [2.05, 4.69) is 48.3 Å². The molecule has 1 saturated heterocycles. The molecule has 3 nitrogen and oxygen atoms in total. The third-order valence-electron chi connectivity index (χ3n) is 5.96. The normalized spacial score (nSPS) is 15.5. The molecule has 1 fully saturated rings. The van der Waals surface area contributed by atoms with Crippen LogP contribution in [0, 0.1) is 5.92 Å². The number of amides is 1. The highest BCUT2D eigenvalue weighted by Gasteiger charge is 2.25. The van der Waals surface area contributed by atoms with Crippen molar-refractivity contribution in [2.75, 3.05) is 19.6 Å². The van der Waals surface area contributed by atoms with E-state index in [1.807, 2.05) is 12.1 Å². The highest BCUT2D eigenvalue weighted by Crippen LogP contribution is 2.25. The maximum absolute atomic E-state index is 12.5. The van der Waals surface area contributed by atoms with Gasteiger partial charge in [0.1, 0.15) is 0 Å². The van der Waals surface area contributed by atoms with Gasteiger partial charge in [0, 0.05) is 29.1 Å². The van der Waals surface area contributed by atoms with E-state index in [0.29, 0.717) is 16.0 Å². The van der Waals surface area contributed by atoms with Crippen molar-refractivity contribution < 1.29 is 4.79 Å². The van der Waals surface area contributed by atoms with Crippen LogP contribution < -0.4 is 5.32 Å². The Bertz CT molecular complexity index is 828. The second kappa shape index (κ2) is 11.2. The molecule has 0 unspecified atom stereocenters. The predicted octanol–water partition coefficient (Wildman–Crippen LogP) is 6.08. The molecule has 2 aromatic rings. The first-order valence-electron chi connectivity index (χ1n) is 10.9. The summed E-state index contributed by atoms with van der Waals surface area (Å²) in [5.41, 5.74) is 3.80. The molecule has 1 aliphatic heterocycles. The summed E-state index contributed by atoms with van der Waals surface area (Å²) in [5.74, 6) is 0.884. The van der Waals surface area contributed by atoms with Gasteiger partial charge in [-0.25, -0.2) is 0 Å². The summed E-state index contributed by atoms with van der Waals surface area (Å²) in [6, 6.07) is 14.5. The molecule has 1 N–H and O–H groups in total. The minimum absolute atomic E-state index is 0.118. The molecule has 0 saturated carbocycles. The van der Waals surface area contributed by atoms with E-state index in [1.165, 1.54) is 11.1 Å². The molecule has 3 rings (SSSR count). The number of carbonyl (C=O) groups excluding carboxylic acids is 1. The first kappa shape index (κ1) is 23.1. The fraction of sp³-hybridized carbons (Fsp3) is 0.480. The van der Waals surface area contributed by atoms with Crippen LogP contribution in [-0.2, 0) is 17.8 Å². The molecule has 0 spiro atoms. The fourth-order valence-corrected chi connectivity index (χ4v) is 4.43. The molecule has 0 aliphatic carbocycles. The monoisotopic (exact) mass is 446 g/mol. The van der Waals surface area contributed by atoms with Crippen LogP contribution in [0.4, 0.5) is 0 Å². The van der Waals surface area contributed by atoms with Gasteiger partial charge in [0.15, 0.2) is 0 Å². The lowest BCUT2D eigenvalue weighted by atomic mass is 9.95. The van der Waals surface area contributed by atoms with Crippen molar-refractivity contribution in [1.82, 2.24) is 10.2 Å². The predicted molar refractivity (Wildman–Crippen MR) is 126 cm³/mol. The van der Waals surface area contributed by atoms with Crippen LogP contribution in [0.1, 0.15) is 55.7 Å². The van der Waals surface area contributed by atoms with Gasteiger partial charge in [-0.1, -0.05) is 67.4 Å². The van der Waals surface area contributed by atoms with Gasteiger partial charge in [-0.3, -0.25) is 9.69 Å². The zero-order chi connectivity index (χ0) is 21.5. The highest BCUT2D eigenvalue weighted by molar-refractivity contribution is 6.35. The number of benzene rings is 2. The van der Waals surface area contributed by atoms with Gasteiger partial charge in [-0.2, -0.15) is 0 Å². The van der Waals surface area contributed by atoms with Gasteiger partial charge in [0.25, 0.3) is 0 Å². The molecule has 0 radical (unpaired) electrons. The summed E-state index contributed by atoms with van der Waals surface area (Å²) in [6.45, 7) is 7.80. The largest absolute Gasteiger partial charge is 0.356 e. The average Bonchev–Trinajstić information content (AvgIpc) is 2.74. The first-order valence-corrected chi connectivity index (χ1v) is 11.7. The Morgan fingerprint density at radius 2 is 1.80 bits per heavy atom. The van der Waals surface area contributed by atoms with Crippen LogP contribution in [-0.4, -0.2) is 30.4 Å². The van der Waals surface area contributed by atoms with Gasteiger partial charge < -0.3 is 5.32 Å². The molecule has 2 aromatic carbocycles. The summed E-state index contributed by atoms with van der Waals surface area (Å²) in [7, 11) is 0. The average molecular weight is 447 g/mol. The Labute approximate surface area is 190 Å². The molecular weight excluding hydrogens is 415 g/mol. The number of piperidine rings is 1. The highest BCUT2D eigenvalue weighted by atomic mass is 35.5. The van der Waals surface area contributed by atoms with E-state index in [-0.39, 0.29) is 11.8 Å². The number of aryl methyl sites for hydroxylation is 1. The van der Waals surface area contributed by atoms with Gasteiger partial charge in [0.2, 0.25) is 5.91 Å². The van der Waals surface area contributed by atoms with Gasteiger partial charge in [-0.15, -0.1) is 0 Å². The van der Waals surface area contributed by atoms with Gasteiger partial charge in [0.05, 0.1) is 0 Å². The lowest BCUT2D eigenvalue weighted by Crippen LogP contribution is -2.40. The smallest absolute Gasteiger partial charge is 0.223 e. The van der Waals surface area contributed by atoms with Crippen molar-refractivity contribution >= 4 is 29.1 Å². The quantitative estimate of drug-likeness (QED) is 0.498. The van der Waals surface area contributed by atoms with Gasteiger partial charge >= 0.3 is 0 Å². The van der Waals surface area contributed by atoms with E-state index in [1.54, 1.807) is 6.07 Å². The molecule has 1 aliphatic rings. The molecule has 0 bridgehead atoms. The summed E-state index contributed by atoms with van der Waals surface area (Å²) < 4.78 is 0. The maximum atomic E-state index is 12.5. The third kappa shape index (κ3) is 6.73. The minimum Gasteiger partial charge on any atom is -0.356 e. The van der Waals surface area contributed by atoms with Crippen LogP contribution in [0.3, 0.4) is 0 Å². The van der Waals surface area contributed by atoms with E-state index < -0.39 is 0 Å². The molecule has 0 aromatic heterocycles. The number of halogens is 2. The molecule has 0 atom stereocenters. The second-order valence-electron chi connectivity index (χ2n) is 8.58. The molecular formula is C25H32Cl2N2O. The number of likely N-dealkylation sites (tertiary alicyclic amines) is 1. The topological polar surface area (TPSA) is 32.3 Å². The number of hydrogen-bond acceptors (Lipinski definition) is 2. The summed E-state index contributed by atoms with van der Waals surface area (Å²) >= 11 is 12.3. The number of nitrogens with one attached hydrogen (secondary N) is 1. The van der Waals surface area contributed by atoms with Crippen LogP contribution in [0.5, 0.6) is 0 Å². The zero-order valence-electron chi connectivity index (χ0n) is 18.0. The Morgan fingerprint density at radius 3 is 2.43 bits per heavy atom. The van der Waals surface area contributed by atoms with Crippen molar-refractivity contribution in [2.45, 2.75) is 52.0 Å². The Kier molecular flexibility index (Phi) is 8.61. The van der Waals surface area contributed by atoms with Crippen LogP contribution in [0.25, 0.3) is 0 Å². The number of hydrogen-bond donors (Lipinski definition) is 1. The Hall–Kier alpha value is -1.55. The van der Waals surface area contributed by atoms with Crippen molar-refractivity contribution in [2.24, 2.45) is 5.92 Å². The second-order valence-corrected chi connectivity index (χ2v) is 9.42. The van der Waals surface area contributed by atoms with Crippen molar-refractivity contribution in [1.29, 1.82) is 0 Å². The molecule has 1 heterocycles. The van der Waals surface area contributed by atoms with Crippen LogP contribution >= 0.6 is 23.2 Å². The maximum Gasteiger partial charge on any atom is 0.223 e. The van der Waals surface area contributed by atoms with Crippen molar-refractivity contribution in [3.8, 4) is 0 Å². The van der Waals surface area contributed by atoms with E-state index in [4.69, 9.17) is 23.2 Å². The van der Waals surface area contributed by atoms with E-state index in [9.17, 15) is 4.79 Å². The lowest BCUT2D eigenvalue weighted by molar-refractivity contribution is -0.126. The lowest BCUT2D eigenvalue weighted by Gasteiger charge is -2.31. The fourth-order valence-electron chi connectivity index (χ4n) is 3.96. The third-order valence-corrected chi connectivity index (χ3v) is 6.54. The molecule has 1 amide bonds. The van der Waals surface area contributed by atoms with E-state index in [0.717, 1.165) is 57.4 Å². The number of rotatable bonds is 8. The Morgan fingerprint density at radius 1 is 1.10 bits per heavy atom. The summed E-state index contributed by atoms with van der Waals surface area (Å²) in [4.78, 5) is 14.9. The molecule has 30 heavy (non-hydrogen) atoms. The minimum atomic E-state index is 0.118. The summed E-state index contributed by atoms with van der Waals surface area (Å²) in [6.07, 6.45) is 3.76.